The van der Waals surface area contributed by atoms with Crippen LogP contribution in [0.5, 0.6) is 0 Å². The van der Waals surface area contributed by atoms with Gasteiger partial charge in [-0.25, -0.2) is 13.8 Å². The number of thiophene rings is 1. The number of carbonyl (C=O) groups is 1. The summed E-state index contributed by atoms with van der Waals surface area (Å²) in [4.78, 5) is 42.3. The fourth-order valence-electron chi connectivity index (χ4n) is 4.26. The van der Waals surface area contributed by atoms with Crippen LogP contribution in [0.15, 0.2) is 62.6 Å². The fourth-order valence-corrected chi connectivity index (χ4v) is 5.93. The molecule has 0 saturated carbocycles. The van der Waals surface area contributed by atoms with Gasteiger partial charge < -0.3 is 4.90 Å². The molecule has 0 aliphatic carbocycles. The van der Waals surface area contributed by atoms with Gasteiger partial charge in [0.05, 0.1) is 24.2 Å². The Hall–Kier alpha value is -3.04. The van der Waals surface area contributed by atoms with Crippen molar-refractivity contribution in [2.75, 3.05) is 6.54 Å². The Morgan fingerprint density at radius 2 is 1.91 bits per heavy atom. The number of nitrogens with zero attached hydrogens (tertiary/aromatic N) is 3. The Bertz CT molecular complexity index is 1520. The Morgan fingerprint density at radius 3 is 2.61 bits per heavy atom. The summed E-state index contributed by atoms with van der Waals surface area (Å²) in [7, 11) is 0. The van der Waals surface area contributed by atoms with E-state index in [2.05, 4.69) is 15.9 Å². The van der Waals surface area contributed by atoms with Crippen molar-refractivity contribution in [3.05, 3.63) is 95.7 Å². The fraction of sp³-hybridized carbons (Fsp3) is 0.208. The predicted molar refractivity (Wildman–Crippen MR) is 130 cm³/mol. The van der Waals surface area contributed by atoms with Gasteiger partial charge in [-0.1, -0.05) is 46.3 Å². The van der Waals surface area contributed by atoms with E-state index in [0.717, 1.165) is 20.6 Å². The van der Waals surface area contributed by atoms with Crippen LogP contribution in [0.3, 0.4) is 0 Å². The first-order chi connectivity index (χ1) is 15.8. The van der Waals surface area contributed by atoms with Crippen molar-refractivity contribution in [3.63, 3.8) is 0 Å². The average molecular weight is 528 g/mol. The van der Waals surface area contributed by atoms with Crippen LogP contribution in [0.25, 0.3) is 15.9 Å². The second kappa shape index (κ2) is 8.39. The molecule has 0 saturated heterocycles. The van der Waals surface area contributed by atoms with Gasteiger partial charge in [0.15, 0.2) is 0 Å². The maximum atomic E-state index is 14.9. The smallest absolute Gasteiger partial charge is 0.337 e. The summed E-state index contributed by atoms with van der Waals surface area (Å²) in [6.45, 7) is 2.66. The Labute approximate surface area is 200 Å². The molecule has 168 valence electrons. The van der Waals surface area contributed by atoms with Crippen molar-refractivity contribution >= 4 is 43.4 Å². The van der Waals surface area contributed by atoms with Crippen LogP contribution in [-0.2, 0) is 24.3 Å². The molecule has 1 aliphatic heterocycles. The zero-order valence-corrected chi connectivity index (χ0v) is 20.1. The van der Waals surface area contributed by atoms with Gasteiger partial charge >= 0.3 is 5.69 Å². The molecular formula is C24H19BrFN3O3S. The van der Waals surface area contributed by atoms with E-state index in [1.54, 1.807) is 11.0 Å². The van der Waals surface area contributed by atoms with E-state index in [9.17, 15) is 18.8 Å². The highest BCUT2D eigenvalue weighted by atomic mass is 79.9. The normalized spacial score (nSPS) is 13.4. The average Bonchev–Trinajstić information content (AvgIpc) is 3.17. The van der Waals surface area contributed by atoms with Crippen LogP contribution < -0.4 is 11.2 Å². The van der Waals surface area contributed by atoms with E-state index in [-0.39, 0.29) is 18.1 Å². The number of carbonyl (C=O) groups excluding carboxylic acids is 1. The minimum atomic E-state index is -0.666. The Kier molecular flexibility index (Phi) is 5.54. The molecular weight excluding hydrogens is 509 g/mol. The third-order valence-corrected chi connectivity index (χ3v) is 7.64. The molecule has 33 heavy (non-hydrogen) atoms. The van der Waals surface area contributed by atoms with Crippen LogP contribution in [0.1, 0.15) is 22.9 Å². The number of aromatic nitrogens is 2. The van der Waals surface area contributed by atoms with Crippen LogP contribution in [-0.4, -0.2) is 26.5 Å². The summed E-state index contributed by atoms with van der Waals surface area (Å²) in [5.74, 6) is -0.699. The van der Waals surface area contributed by atoms with E-state index >= 15 is 0 Å². The number of benzene rings is 2. The first kappa shape index (κ1) is 21.8. The highest BCUT2D eigenvalue weighted by molar-refractivity contribution is 9.10. The summed E-state index contributed by atoms with van der Waals surface area (Å²) in [6, 6.07) is 13.7. The summed E-state index contributed by atoms with van der Waals surface area (Å²) in [6.07, 6.45) is 0.510. The van der Waals surface area contributed by atoms with Crippen molar-refractivity contribution in [1.82, 2.24) is 14.0 Å². The molecule has 3 heterocycles. The Balaban J connectivity index is 1.82. The van der Waals surface area contributed by atoms with Crippen LogP contribution >= 0.6 is 27.3 Å². The van der Waals surface area contributed by atoms with E-state index in [1.165, 1.54) is 35.0 Å². The van der Waals surface area contributed by atoms with Gasteiger partial charge in [0.1, 0.15) is 10.6 Å². The molecule has 6 nitrogen and oxygen atoms in total. The number of rotatable bonds is 3. The highest BCUT2D eigenvalue weighted by Crippen LogP contribution is 2.33. The largest absolute Gasteiger partial charge is 0.337 e. The van der Waals surface area contributed by atoms with Gasteiger partial charge in [-0.2, -0.15) is 0 Å². The molecule has 9 heteroatoms. The van der Waals surface area contributed by atoms with E-state index in [0.29, 0.717) is 34.2 Å². The van der Waals surface area contributed by atoms with Crippen LogP contribution in [0.2, 0.25) is 0 Å². The summed E-state index contributed by atoms with van der Waals surface area (Å²) < 4.78 is 17.9. The summed E-state index contributed by atoms with van der Waals surface area (Å²) >= 11 is 4.58. The lowest BCUT2D eigenvalue weighted by atomic mass is 10.1. The molecule has 0 atom stereocenters. The van der Waals surface area contributed by atoms with Gasteiger partial charge in [0.2, 0.25) is 5.91 Å². The summed E-state index contributed by atoms with van der Waals surface area (Å²) in [5.41, 5.74) is 0.511. The lowest BCUT2D eigenvalue weighted by Crippen LogP contribution is -2.39. The molecule has 2 aromatic carbocycles. The zero-order chi connectivity index (χ0) is 23.3. The highest BCUT2D eigenvalue weighted by Gasteiger charge is 2.28. The standard InChI is InChI=1S/C24H19BrFN3O3S/c1-14(30)27-10-9-17-20(13-27)33-23-21(17)22(31)29(19-8-7-16(25)11-18(19)26)24(32)28(23)12-15-5-3-2-4-6-15/h2-8,11H,9-10,12-13H2,1H3. The van der Waals surface area contributed by atoms with Gasteiger partial charge in [-0.3, -0.25) is 14.2 Å². The molecule has 0 bridgehead atoms. The van der Waals surface area contributed by atoms with E-state index in [1.807, 2.05) is 30.3 Å². The predicted octanol–water partition coefficient (Wildman–Crippen LogP) is 4.07. The Morgan fingerprint density at radius 1 is 1.15 bits per heavy atom. The van der Waals surface area contributed by atoms with Gasteiger partial charge in [0, 0.05) is 22.8 Å². The second-order valence-corrected chi connectivity index (χ2v) is 9.96. The van der Waals surface area contributed by atoms with Crippen LogP contribution in [0.4, 0.5) is 4.39 Å². The third-order valence-electron chi connectivity index (χ3n) is 5.90. The molecule has 5 rings (SSSR count). The quantitative estimate of drug-likeness (QED) is 0.403. The van der Waals surface area contributed by atoms with Gasteiger partial charge in [0.25, 0.3) is 5.56 Å². The minimum absolute atomic E-state index is 0.0332. The van der Waals surface area contributed by atoms with Crippen molar-refractivity contribution in [3.8, 4) is 5.69 Å². The van der Waals surface area contributed by atoms with Crippen LogP contribution in [0, 0.1) is 5.82 Å². The van der Waals surface area contributed by atoms with Crippen molar-refractivity contribution in [1.29, 1.82) is 0 Å². The minimum Gasteiger partial charge on any atom is -0.337 e. The molecule has 1 amide bonds. The topological polar surface area (TPSA) is 64.3 Å². The number of hydrogen-bond acceptors (Lipinski definition) is 4. The zero-order valence-electron chi connectivity index (χ0n) is 17.7. The SMILES string of the molecule is CC(=O)N1CCc2c(sc3c2c(=O)n(-c2ccc(Br)cc2F)c(=O)n3Cc2ccccc2)C1. The monoisotopic (exact) mass is 527 g/mol. The van der Waals surface area contributed by atoms with Gasteiger partial charge in [-0.05, 0) is 35.7 Å². The van der Waals surface area contributed by atoms with E-state index in [4.69, 9.17) is 0 Å². The number of hydrogen-bond donors (Lipinski definition) is 0. The summed E-state index contributed by atoms with van der Waals surface area (Å²) in [5, 5.41) is 0.427. The van der Waals surface area contributed by atoms with Crippen molar-refractivity contribution in [2.45, 2.75) is 26.4 Å². The maximum absolute atomic E-state index is 14.9. The molecule has 0 spiro atoms. The van der Waals surface area contributed by atoms with Gasteiger partial charge in [-0.15, -0.1) is 11.3 Å². The lowest BCUT2D eigenvalue weighted by molar-refractivity contribution is -0.129. The van der Waals surface area contributed by atoms with Crippen molar-refractivity contribution in [2.24, 2.45) is 0 Å². The maximum Gasteiger partial charge on any atom is 0.337 e. The second-order valence-electron chi connectivity index (χ2n) is 7.97. The number of fused-ring (bicyclic) bond motifs is 3. The molecule has 0 fully saturated rings. The van der Waals surface area contributed by atoms with E-state index < -0.39 is 17.1 Å². The van der Waals surface area contributed by atoms with Crippen molar-refractivity contribution < 1.29 is 9.18 Å². The molecule has 0 N–H and O–H groups in total. The molecule has 1 aliphatic rings. The third kappa shape index (κ3) is 3.75. The first-order valence-electron chi connectivity index (χ1n) is 10.4. The molecule has 0 radical (unpaired) electrons. The lowest BCUT2D eigenvalue weighted by Gasteiger charge is -2.25. The molecule has 2 aromatic heterocycles. The number of halogens is 2. The number of amides is 1. The molecule has 4 aromatic rings. The first-order valence-corrected chi connectivity index (χ1v) is 12.0. The molecule has 0 unspecified atom stereocenters.